The van der Waals surface area contributed by atoms with Gasteiger partial charge in [0.25, 0.3) is 0 Å². The average molecular weight is 329 g/mol. The van der Waals surface area contributed by atoms with E-state index in [4.69, 9.17) is 5.73 Å². The molecule has 6 heteroatoms. The summed E-state index contributed by atoms with van der Waals surface area (Å²) in [7, 11) is 0. The Labute approximate surface area is 138 Å². The zero-order valence-corrected chi connectivity index (χ0v) is 13.6. The molecule has 2 amide bonds. The minimum atomic E-state index is -0.473. The molecule has 1 aliphatic rings. The number of hydrogen-bond acceptors (Lipinski definition) is 4. The van der Waals surface area contributed by atoms with Crippen molar-refractivity contribution in [1.82, 2.24) is 9.88 Å². The Balaban J connectivity index is 1.75. The predicted molar refractivity (Wildman–Crippen MR) is 91.8 cm³/mol. The van der Waals surface area contributed by atoms with Crippen LogP contribution in [-0.4, -0.2) is 34.3 Å². The summed E-state index contributed by atoms with van der Waals surface area (Å²) in [6, 6.07) is 7.98. The van der Waals surface area contributed by atoms with Gasteiger partial charge in [0.1, 0.15) is 5.01 Å². The lowest BCUT2D eigenvalue weighted by Gasteiger charge is -2.26. The summed E-state index contributed by atoms with van der Waals surface area (Å²) in [5.74, 6) is -0.645. The first-order valence-electron chi connectivity index (χ1n) is 7.76. The van der Waals surface area contributed by atoms with Crippen molar-refractivity contribution in [3.63, 3.8) is 0 Å². The van der Waals surface area contributed by atoms with Gasteiger partial charge in [-0.15, -0.1) is 11.3 Å². The summed E-state index contributed by atoms with van der Waals surface area (Å²) in [5.41, 5.74) is 6.22. The van der Waals surface area contributed by atoms with E-state index in [1.807, 2.05) is 24.3 Å². The van der Waals surface area contributed by atoms with Crippen molar-refractivity contribution >= 4 is 39.4 Å². The molecular weight excluding hydrogens is 310 g/mol. The van der Waals surface area contributed by atoms with Gasteiger partial charge in [-0.2, -0.15) is 0 Å². The minimum Gasteiger partial charge on any atom is -0.368 e. The highest BCUT2D eigenvalue weighted by atomic mass is 32.1. The molecule has 0 saturated heterocycles. The third-order valence-electron chi connectivity index (χ3n) is 4.05. The lowest BCUT2D eigenvalue weighted by Crippen LogP contribution is -2.43. The smallest absolute Gasteiger partial charge is 0.247 e. The Morgan fingerprint density at radius 2 is 2.04 bits per heavy atom. The van der Waals surface area contributed by atoms with Crippen LogP contribution >= 0.6 is 11.3 Å². The van der Waals surface area contributed by atoms with Crippen molar-refractivity contribution in [2.45, 2.75) is 31.7 Å². The van der Waals surface area contributed by atoms with Crippen molar-refractivity contribution in [2.24, 2.45) is 5.73 Å². The van der Waals surface area contributed by atoms with Crippen LogP contribution in [0.5, 0.6) is 0 Å². The average Bonchev–Trinajstić information content (AvgIpc) is 3.18. The van der Waals surface area contributed by atoms with Gasteiger partial charge in [0.05, 0.1) is 16.8 Å². The van der Waals surface area contributed by atoms with Gasteiger partial charge in [-0.25, -0.2) is 4.98 Å². The van der Waals surface area contributed by atoms with Crippen LogP contribution in [-0.2, 0) is 9.59 Å². The van der Waals surface area contributed by atoms with Crippen LogP contribution in [0.15, 0.2) is 30.3 Å². The van der Waals surface area contributed by atoms with Crippen LogP contribution in [0.3, 0.4) is 0 Å². The van der Waals surface area contributed by atoms with Crippen molar-refractivity contribution in [2.75, 3.05) is 6.54 Å². The summed E-state index contributed by atoms with van der Waals surface area (Å²) in [4.78, 5) is 29.8. The van der Waals surface area contributed by atoms with E-state index in [0.29, 0.717) is 0 Å². The van der Waals surface area contributed by atoms with Crippen LogP contribution < -0.4 is 5.73 Å². The molecule has 120 valence electrons. The molecule has 0 atom stereocenters. The first kappa shape index (κ1) is 15.7. The van der Waals surface area contributed by atoms with Gasteiger partial charge in [-0.3, -0.25) is 9.59 Å². The molecule has 1 fully saturated rings. The number of nitrogens with two attached hydrogens (primary N) is 1. The molecular formula is C17H19N3O2S. The molecule has 0 radical (unpaired) electrons. The molecule has 0 bridgehead atoms. The number of amides is 2. The highest BCUT2D eigenvalue weighted by molar-refractivity contribution is 7.19. The van der Waals surface area contributed by atoms with E-state index in [1.54, 1.807) is 11.0 Å². The number of fused-ring (bicyclic) bond motifs is 1. The Hall–Kier alpha value is -2.21. The predicted octanol–water partition coefficient (Wildman–Crippen LogP) is 2.57. The van der Waals surface area contributed by atoms with E-state index in [-0.39, 0.29) is 18.5 Å². The summed E-state index contributed by atoms with van der Waals surface area (Å²) >= 11 is 1.54. The fourth-order valence-electron chi connectivity index (χ4n) is 2.97. The summed E-state index contributed by atoms with van der Waals surface area (Å²) in [6.45, 7) is -0.0202. The largest absolute Gasteiger partial charge is 0.368 e. The zero-order valence-electron chi connectivity index (χ0n) is 12.8. The normalized spacial score (nSPS) is 15.5. The van der Waals surface area contributed by atoms with Gasteiger partial charge in [0.2, 0.25) is 11.8 Å². The number of benzene rings is 1. The number of carbonyl (C=O) groups excluding carboxylic acids is 2. The zero-order chi connectivity index (χ0) is 16.2. The van der Waals surface area contributed by atoms with Crippen LogP contribution in [0.4, 0.5) is 0 Å². The van der Waals surface area contributed by atoms with E-state index in [1.165, 1.54) is 17.4 Å². The van der Waals surface area contributed by atoms with E-state index in [2.05, 4.69) is 4.98 Å². The molecule has 1 aliphatic carbocycles. The molecule has 5 nitrogen and oxygen atoms in total. The third kappa shape index (κ3) is 3.76. The van der Waals surface area contributed by atoms with E-state index < -0.39 is 5.91 Å². The highest BCUT2D eigenvalue weighted by Crippen LogP contribution is 2.25. The molecule has 0 spiro atoms. The first-order chi connectivity index (χ1) is 11.1. The van der Waals surface area contributed by atoms with Gasteiger partial charge in [0, 0.05) is 12.1 Å². The van der Waals surface area contributed by atoms with E-state index >= 15 is 0 Å². The highest BCUT2D eigenvalue weighted by Gasteiger charge is 2.26. The summed E-state index contributed by atoms with van der Waals surface area (Å²) < 4.78 is 1.09. The maximum absolute atomic E-state index is 12.5. The standard InChI is InChI=1S/C17H19N3O2S/c18-15(21)11-20(12-5-1-2-6-12)17(22)10-9-16-19-13-7-3-4-8-14(13)23-16/h3-4,7-10,12H,1-2,5-6,11H2,(H2,18,21)/b10-9-. The molecule has 0 aliphatic heterocycles. The van der Waals surface area contributed by atoms with Crippen LogP contribution in [0.25, 0.3) is 16.3 Å². The molecule has 2 N–H and O–H groups in total. The maximum atomic E-state index is 12.5. The van der Waals surface area contributed by atoms with Gasteiger partial charge >= 0.3 is 0 Å². The quantitative estimate of drug-likeness (QED) is 0.857. The lowest BCUT2D eigenvalue weighted by molar-refractivity contribution is -0.133. The van der Waals surface area contributed by atoms with Crippen LogP contribution in [0.2, 0.25) is 0 Å². The third-order valence-corrected chi connectivity index (χ3v) is 5.06. The van der Waals surface area contributed by atoms with Gasteiger partial charge in [0.15, 0.2) is 0 Å². The van der Waals surface area contributed by atoms with Crippen LogP contribution in [0, 0.1) is 0 Å². The van der Waals surface area contributed by atoms with Crippen LogP contribution in [0.1, 0.15) is 30.7 Å². The number of thiazole rings is 1. The maximum Gasteiger partial charge on any atom is 0.247 e. The van der Waals surface area contributed by atoms with E-state index in [9.17, 15) is 9.59 Å². The lowest BCUT2D eigenvalue weighted by atomic mass is 10.2. The number of hydrogen-bond donors (Lipinski definition) is 1. The number of rotatable bonds is 5. The molecule has 3 rings (SSSR count). The Morgan fingerprint density at radius 3 is 2.74 bits per heavy atom. The topological polar surface area (TPSA) is 76.3 Å². The monoisotopic (exact) mass is 329 g/mol. The molecule has 23 heavy (non-hydrogen) atoms. The fourth-order valence-corrected chi connectivity index (χ4v) is 3.84. The molecule has 1 aromatic heterocycles. The number of para-hydroxylation sites is 1. The summed E-state index contributed by atoms with van der Waals surface area (Å²) in [6.07, 6.45) is 7.28. The van der Waals surface area contributed by atoms with Crippen molar-refractivity contribution in [3.05, 3.63) is 35.3 Å². The molecule has 0 unspecified atom stereocenters. The Bertz CT molecular complexity index is 714. The molecule has 1 aromatic carbocycles. The molecule has 2 aromatic rings. The number of aromatic nitrogens is 1. The number of primary amides is 1. The van der Waals surface area contributed by atoms with E-state index in [0.717, 1.165) is 40.9 Å². The summed E-state index contributed by atoms with van der Waals surface area (Å²) in [5, 5.41) is 0.782. The molecule has 1 saturated carbocycles. The van der Waals surface area contributed by atoms with Gasteiger partial charge < -0.3 is 10.6 Å². The fraction of sp³-hybridized carbons (Fsp3) is 0.353. The molecule has 1 heterocycles. The Kier molecular flexibility index (Phi) is 4.71. The minimum absolute atomic E-state index is 0.0202. The second kappa shape index (κ2) is 6.91. The Morgan fingerprint density at radius 1 is 1.30 bits per heavy atom. The van der Waals surface area contributed by atoms with Crippen molar-refractivity contribution in [3.8, 4) is 0 Å². The first-order valence-corrected chi connectivity index (χ1v) is 8.57. The number of carbonyl (C=O) groups is 2. The van der Waals surface area contributed by atoms with Crippen molar-refractivity contribution < 1.29 is 9.59 Å². The van der Waals surface area contributed by atoms with Gasteiger partial charge in [-0.1, -0.05) is 25.0 Å². The van der Waals surface area contributed by atoms with Crippen molar-refractivity contribution in [1.29, 1.82) is 0 Å². The number of nitrogens with zero attached hydrogens (tertiary/aromatic N) is 2. The van der Waals surface area contributed by atoms with Gasteiger partial charge in [-0.05, 0) is 31.1 Å². The second-order valence-corrected chi connectivity index (χ2v) is 6.79. The second-order valence-electron chi connectivity index (χ2n) is 5.72. The SMILES string of the molecule is NC(=O)CN(C(=O)/C=C\c1nc2ccccc2s1)C1CCCC1.